The smallest absolute Gasteiger partial charge is 0.195 e. The van der Waals surface area contributed by atoms with Crippen LogP contribution >= 0.6 is 11.6 Å². The van der Waals surface area contributed by atoms with E-state index in [4.69, 9.17) is 21.8 Å². The summed E-state index contributed by atoms with van der Waals surface area (Å²) in [5.74, 6) is 0.707. The van der Waals surface area contributed by atoms with Gasteiger partial charge in [0.15, 0.2) is 11.5 Å². The van der Waals surface area contributed by atoms with Crippen molar-refractivity contribution < 1.29 is 4.42 Å². The van der Waals surface area contributed by atoms with E-state index in [1.807, 2.05) is 12.1 Å². The Bertz CT molecular complexity index is 439. The number of nitrogens with two attached hydrogens (primary N) is 1. The third-order valence-electron chi connectivity index (χ3n) is 2.01. The van der Waals surface area contributed by atoms with Gasteiger partial charge in [0.05, 0.1) is 5.02 Å². The fraction of sp³-hybridized carbons (Fsp3) is 0.300. The van der Waals surface area contributed by atoms with Crippen LogP contribution in [0.5, 0.6) is 0 Å². The number of hydrogen-bond donors (Lipinski definition) is 1. The summed E-state index contributed by atoms with van der Waals surface area (Å²) in [5.41, 5.74) is 6.88. The summed E-state index contributed by atoms with van der Waals surface area (Å²) >= 11 is 5.95. The van der Waals surface area contributed by atoms with Crippen molar-refractivity contribution in [1.29, 1.82) is 0 Å². The summed E-state index contributed by atoms with van der Waals surface area (Å²) in [6.07, 6.45) is 1.64. The van der Waals surface area contributed by atoms with Crippen molar-refractivity contribution in [1.82, 2.24) is 4.98 Å². The highest BCUT2D eigenvalue weighted by molar-refractivity contribution is 6.34. The van der Waals surface area contributed by atoms with Crippen molar-refractivity contribution in [2.24, 2.45) is 5.73 Å². The first-order valence-corrected chi connectivity index (χ1v) is 4.93. The lowest BCUT2D eigenvalue weighted by Crippen LogP contribution is -2.00. The third-order valence-corrected chi connectivity index (χ3v) is 2.30. The van der Waals surface area contributed by atoms with Crippen LogP contribution in [0, 0.1) is 0 Å². The molecule has 0 radical (unpaired) electrons. The molecule has 0 spiro atoms. The van der Waals surface area contributed by atoms with Crippen LogP contribution in [-0.2, 0) is 6.42 Å². The first-order chi connectivity index (χ1) is 6.81. The van der Waals surface area contributed by atoms with E-state index < -0.39 is 0 Å². The summed E-state index contributed by atoms with van der Waals surface area (Å²) in [5, 5.41) is 0.606. The maximum Gasteiger partial charge on any atom is 0.195 e. The van der Waals surface area contributed by atoms with Gasteiger partial charge in [0.2, 0.25) is 0 Å². The van der Waals surface area contributed by atoms with Crippen molar-refractivity contribution in [2.75, 3.05) is 6.54 Å². The number of fused-ring (bicyclic) bond motifs is 1. The average molecular weight is 211 g/mol. The largest absolute Gasteiger partial charge is 0.439 e. The number of halogens is 1. The number of rotatable bonds is 3. The highest BCUT2D eigenvalue weighted by Gasteiger charge is 2.07. The second-order valence-corrected chi connectivity index (χ2v) is 3.50. The Morgan fingerprint density at radius 2 is 2.29 bits per heavy atom. The molecule has 0 aliphatic rings. The Labute approximate surface area is 86.9 Å². The van der Waals surface area contributed by atoms with Crippen molar-refractivity contribution >= 4 is 22.7 Å². The van der Waals surface area contributed by atoms with E-state index in [0.717, 1.165) is 18.4 Å². The van der Waals surface area contributed by atoms with Gasteiger partial charge >= 0.3 is 0 Å². The molecule has 2 rings (SSSR count). The van der Waals surface area contributed by atoms with Crippen LogP contribution in [0.3, 0.4) is 0 Å². The molecule has 2 N–H and O–H groups in total. The predicted octanol–water partition coefficient (Wildman–Crippen LogP) is 2.37. The number of aromatic nitrogens is 1. The van der Waals surface area contributed by atoms with Gasteiger partial charge in [-0.15, -0.1) is 0 Å². The molecule has 1 aromatic heterocycles. The second-order valence-electron chi connectivity index (χ2n) is 3.09. The van der Waals surface area contributed by atoms with Crippen LogP contribution in [-0.4, -0.2) is 11.5 Å². The van der Waals surface area contributed by atoms with E-state index in [-0.39, 0.29) is 0 Å². The molecular weight excluding hydrogens is 200 g/mol. The molecule has 14 heavy (non-hydrogen) atoms. The number of aryl methyl sites for hydroxylation is 1. The van der Waals surface area contributed by atoms with E-state index in [9.17, 15) is 0 Å². The van der Waals surface area contributed by atoms with Crippen LogP contribution in [0.2, 0.25) is 5.02 Å². The number of para-hydroxylation sites is 1. The first-order valence-electron chi connectivity index (χ1n) is 4.55. The van der Waals surface area contributed by atoms with Gasteiger partial charge < -0.3 is 10.2 Å². The molecule has 1 heterocycles. The van der Waals surface area contributed by atoms with Gasteiger partial charge in [-0.3, -0.25) is 0 Å². The Kier molecular flexibility index (Phi) is 2.70. The standard InChI is InChI=1S/C10H11ClN2O/c11-7-3-1-4-8-10(7)14-9(13-8)5-2-6-12/h1,3-4H,2,5-6,12H2. The van der Waals surface area contributed by atoms with E-state index in [1.165, 1.54) is 0 Å². The summed E-state index contributed by atoms with van der Waals surface area (Å²) in [6, 6.07) is 5.54. The summed E-state index contributed by atoms with van der Waals surface area (Å²) in [6.45, 7) is 0.645. The zero-order valence-corrected chi connectivity index (χ0v) is 8.42. The van der Waals surface area contributed by atoms with Gasteiger partial charge in [0.25, 0.3) is 0 Å². The number of hydrogen-bond acceptors (Lipinski definition) is 3. The Morgan fingerprint density at radius 3 is 3.00 bits per heavy atom. The maximum atomic E-state index is 5.95. The van der Waals surface area contributed by atoms with Crippen LogP contribution in [0.4, 0.5) is 0 Å². The second kappa shape index (κ2) is 3.98. The molecule has 0 fully saturated rings. The lowest BCUT2D eigenvalue weighted by atomic mass is 10.3. The van der Waals surface area contributed by atoms with Crippen molar-refractivity contribution in [3.8, 4) is 0 Å². The molecule has 0 saturated heterocycles. The molecule has 0 saturated carbocycles. The minimum absolute atomic E-state index is 0.606. The molecular formula is C10H11ClN2O. The van der Waals surface area contributed by atoms with Crippen LogP contribution in [0.1, 0.15) is 12.3 Å². The monoisotopic (exact) mass is 210 g/mol. The SMILES string of the molecule is NCCCc1nc2cccc(Cl)c2o1. The molecule has 0 unspecified atom stereocenters. The topological polar surface area (TPSA) is 52.0 Å². The fourth-order valence-corrected chi connectivity index (χ4v) is 1.53. The minimum atomic E-state index is 0.606. The van der Waals surface area contributed by atoms with Gasteiger partial charge in [-0.05, 0) is 25.1 Å². The molecule has 0 atom stereocenters. The lowest BCUT2D eigenvalue weighted by Gasteiger charge is -1.90. The third kappa shape index (κ3) is 1.74. The Morgan fingerprint density at radius 1 is 1.43 bits per heavy atom. The lowest BCUT2D eigenvalue weighted by molar-refractivity contribution is 0.521. The van der Waals surface area contributed by atoms with Crippen molar-refractivity contribution in [3.63, 3.8) is 0 Å². The molecule has 0 amide bonds. The van der Waals surface area contributed by atoms with E-state index in [2.05, 4.69) is 4.98 Å². The quantitative estimate of drug-likeness (QED) is 0.846. The van der Waals surface area contributed by atoms with Gasteiger partial charge in [0.1, 0.15) is 5.52 Å². The van der Waals surface area contributed by atoms with Gasteiger partial charge in [-0.25, -0.2) is 4.98 Å². The molecule has 0 bridgehead atoms. The van der Waals surface area contributed by atoms with E-state index in [1.54, 1.807) is 6.07 Å². The zero-order chi connectivity index (χ0) is 9.97. The van der Waals surface area contributed by atoms with Gasteiger partial charge in [0, 0.05) is 6.42 Å². The maximum absolute atomic E-state index is 5.95. The van der Waals surface area contributed by atoms with Crippen LogP contribution in [0.15, 0.2) is 22.6 Å². The molecule has 0 aliphatic heterocycles. The fourth-order valence-electron chi connectivity index (χ4n) is 1.32. The molecule has 4 heteroatoms. The number of benzene rings is 1. The predicted molar refractivity (Wildman–Crippen MR) is 56.4 cm³/mol. The van der Waals surface area contributed by atoms with E-state index in [0.29, 0.717) is 23.0 Å². The molecule has 0 aliphatic carbocycles. The summed E-state index contributed by atoms with van der Waals surface area (Å²) in [7, 11) is 0. The average Bonchev–Trinajstić information content (AvgIpc) is 2.59. The molecule has 74 valence electrons. The number of oxazole rings is 1. The first kappa shape index (κ1) is 9.49. The van der Waals surface area contributed by atoms with Crippen molar-refractivity contribution in [3.05, 3.63) is 29.1 Å². The normalized spacial score (nSPS) is 11.0. The van der Waals surface area contributed by atoms with Crippen molar-refractivity contribution in [2.45, 2.75) is 12.8 Å². The molecule has 3 nitrogen and oxygen atoms in total. The highest BCUT2D eigenvalue weighted by Crippen LogP contribution is 2.24. The summed E-state index contributed by atoms with van der Waals surface area (Å²) < 4.78 is 5.50. The zero-order valence-electron chi connectivity index (χ0n) is 7.66. The van der Waals surface area contributed by atoms with Crippen LogP contribution < -0.4 is 5.73 Å². The molecule has 1 aromatic carbocycles. The van der Waals surface area contributed by atoms with E-state index >= 15 is 0 Å². The van der Waals surface area contributed by atoms with Gasteiger partial charge in [-0.2, -0.15) is 0 Å². The Hall–Kier alpha value is -1.06. The molecule has 2 aromatic rings. The summed E-state index contributed by atoms with van der Waals surface area (Å²) in [4.78, 5) is 4.30. The Balaban J connectivity index is 2.36. The number of nitrogens with zero attached hydrogens (tertiary/aromatic N) is 1. The minimum Gasteiger partial charge on any atom is -0.439 e. The van der Waals surface area contributed by atoms with Gasteiger partial charge in [-0.1, -0.05) is 17.7 Å². The highest BCUT2D eigenvalue weighted by atomic mass is 35.5. The van der Waals surface area contributed by atoms with Crippen LogP contribution in [0.25, 0.3) is 11.1 Å².